The van der Waals surface area contributed by atoms with Crippen LogP contribution in [0.25, 0.3) is 0 Å². The van der Waals surface area contributed by atoms with Crippen molar-refractivity contribution >= 4 is 11.9 Å². The molecule has 23 heavy (non-hydrogen) atoms. The van der Waals surface area contributed by atoms with Crippen LogP contribution < -0.4 is 5.32 Å². The summed E-state index contributed by atoms with van der Waals surface area (Å²) in [7, 11) is 0. The zero-order valence-electron chi connectivity index (χ0n) is 13.2. The van der Waals surface area contributed by atoms with E-state index >= 15 is 0 Å². The highest BCUT2D eigenvalue weighted by Gasteiger charge is 2.45. The first-order valence-corrected chi connectivity index (χ1v) is 7.34. The van der Waals surface area contributed by atoms with Crippen molar-refractivity contribution in [3.63, 3.8) is 0 Å². The number of rotatable bonds is 7. The minimum atomic E-state index is -1.34. The Morgan fingerprint density at radius 2 is 2.00 bits per heavy atom. The SMILES string of the molecule is C#CCCCO[C@H]1O[C@@H](COC(C)=O)[C@@H](O)[C@@H](O)[C@@H]1NC(C)=O. The zero-order chi connectivity index (χ0) is 17.4. The van der Waals surface area contributed by atoms with E-state index in [1.165, 1.54) is 13.8 Å². The molecule has 130 valence electrons. The lowest BCUT2D eigenvalue weighted by molar-refractivity contribution is -0.271. The number of ether oxygens (including phenoxy) is 3. The number of hydrogen-bond acceptors (Lipinski definition) is 7. The van der Waals surface area contributed by atoms with Gasteiger partial charge in [-0.2, -0.15) is 0 Å². The zero-order valence-corrected chi connectivity index (χ0v) is 13.2. The molecule has 8 nitrogen and oxygen atoms in total. The number of esters is 1. The fourth-order valence-electron chi connectivity index (χ4n) is 2.17. The number of carbonyl (C=O) groups excluding carboxylic acids is 2. The lowest BCUT2D eigenvalue weighted by Crippen LogP contribution is -2.64. The number of carbonyl (C=O) groups is 2. The normalized spacial score (nSPS) is 30.3. The number of hydrogen-bond donors (Lipinski definition) is 3. The van der Waals surface area contributed by atoms with Gasteiger partial charge in [-0.1, -0.05) is 0 Å². The molecule has 1 amide bonds. The van der Waals surface area contributed by atoms with E-state index < -0.39 is 42.5 Å². The molecule has 3 N–H and O–H groups in total. The summed E-state index contributed by atoms with van der Waals surface area (Å²) in [5, 5.41) is 22.8. The number of aliphatic hydroxyl groups excluding tert-OH is 2. The molecule has 8 heteroatoms. The van der Waals surface area contributed by atoms with Crippen LogP contribution in [0.15, 0.2) is 0 Å². The third-order valence-corrected chi connectivity index (χ3v) is 3.27. The highest BCUT2D eigenvalue weighted by Crippen LogP contribution is 2.23. The molecule has 0 radical (unpaired) electrons. The van der Waals surface area contributed by atoms with Crippen LogP contribution in [0.3, 0.4) is 0 Å². The van der Waals surface area contributed by atoms with Crippen LogP contribution in [0.4, 0.5) is 0 Å². The highest BCUT2D eigenvalue weighted by molar-refractivity contribution is 5.73. The maximum atomic E-state index is 11.3. The van der Waals surface area contributed by atoms with Crippen molar-refractivity contribution in [1.82, 2.24) is 5.32 Å². The summed E-state index contributed by atoms with van der Waals surface area (Å²) in [6, 6.07) is -0.943. The quantitative estimate of drug-likeness (QED) is 0.309. The minimum Gasteiger partial charge on any atom is -0.463 e. The van der Waals surface area contributed by atoms with Gasteiger partial charge in [0.2, 0.25) is 5.91 Å². The molecule has 0 aliphatic carbocycles. The summed E-state index contributed by atoms with van der Waals surface area (Å²) in [6.07, 6.45) is 1.63. The minimum absolute atomic E-state index is 0.232. The predicted molar refractivity (Wildman–Crippen MR) is 78.9 cm³/mol. The van der Waals surface area contributed by atoms with Gasteiger partial charge in [-0.25, -0.2) is 0 Å². The largest absolute Gasteiger partial charge is 0.463 e. The molecule has 1 aliphatic rings. The first kappa shape index (κ1) is 19.4. The Morgan fingerprint density at radius 3 is 2.57 bits per heavy atom. The Morgan fingerprint density at radius 1 is 1.30 bits per heavy atom. The second kappa shape index (κ2) is 9.47. The summed E-state index contributed by atoms with van der Waals surface area (Å²) in [5.74, 6) is 1.53. The highest BCUT2D eigenvalue weighted by atomic mass is 16.7. The summed E-state index contributed by atoms with van der Waals surface area (Å²) >= 11 is 0. The monoisotopic (exact) mass is 329 g/mol. The molecule has 5 atom stereocenters. The third-order valence-electron chi connectivity index (χ3n) is 3.27. The molecule has 0 aromatic carbocycles. The smallest absolute Gasteiger partial charge is 0.302 e. The molecule has 0 aromatic rings. The van der Waals surface area contributed by atoms with Gasteiger partial charge in [0.05, 0.1) is 6.61 Å². The first-order chi connectivity index (χ1) is 10.9. The van der Waals surface area contributed by atoms with Crippen LogP contribution in [0, 0.1) is 12.3 Å². The van der Waals surface area contributed by atoms with Crippen molar-refractivity contribution in [3.05, 3.63) is 0 Å². The van der Waals surface area contributed by atoms with Gasteiger partial charge in [-0.05, 0) is 6.42 Å². The number of nitrogens with one attached hydrogen (secondary N) is 1. The average Bonchev–Trinajstić information content (AvgIpc) is 2.48. The Bertz CT molecular complexity index is 446. The Labute approximate surface area is 135 Å². The molecule has 1 saturated heterocycles. The van der Waals surface area contributed by atoms with E-state index in [9.17, 15) is 19.8 Å². The molecule has 1 rings (SSSR count). The van der Waals surface area contributed by atoms with Crippen molar-refractivity contribution < 1.29 is 34.0 Å². The van der Waals surface area contributed by atoms with Crippen molar-refractivity contribution in [3.8, 4) is 12.3 Å². The van der Waals surface area contributed by atoms with E-state index in [4.69, 9.17) is 20.6 Å². The molecular weight excluding hydrogens is 306 g/mol. The van der Waals surface area contributed by atoms with Crippen LogP contribution in [0.2, 0.25) is 0 Å². The first-order valence-electron chi connectivity index (χ1n) is 7.34. The molecule has 0 spiro atoms. The predicted octanol–water partition coefficient (Wildman–Crippen LogP) is -1.07. The molecule has 0 aromatic heterocycles. The summed E-state index contributed by atoms with van der Waals surface area (Å²) in [5.41, 5.74) is 0. The van der Waals surface area contributed by atoms with Crippen molar-refractivity contribution in [1.29, 1.82) is 0 Å². The lowest BCUT2D eigenvalue weighted by Gasteiger charge is -2.42. The van der Waals surface area contributed by atoms with Gasteiger partial charge in [0, 0.05) is 20.3 Å². The van der Waals surface area contributed by atoms with Gasteiger partial charge in [0.15, 0.2) is 6.29 Å². The van der Waals surface area contributed by atoms with Gasteiger partial charge in [-0.15, -0.1) is 12.3 Å². The molecule has 0 unspecified atom stereocenters. The van der Waals surface area contributed by atoms with Crippen LogP contribution >= 0.6 is 0 Å². The molecule has 0 bridgehead atoms. The summed E-state index contributed by atoms with van der Waals surface area (Å²) in [4.78, 5) is 22.2. The van der Waals surface area contributed by atoms with Crippen molar-refractivity contribution in [2.45, 2.75) is 57.3 Å². The Balaban J connectivity index is 2.74. The van der Waals surface area contributed by atoms with E-state index in [0.29, 0.717) is 12.8 Å². The second-order valence-electron chi connectivity index (χ2n) is 5.23. The van der Waals surface area contributed by atoms with Crippen LogP contribution in [-0.2, 0) is 23.8 Å². The van der Waals surface area contributed by atoms with Gasteiger partial charge in [0.1, 0.15) is 31.0 Å². The van der Waals surface area contributed by atoms with Crippen LogP contribution in [0.5, 0.6) is 0 Å². The molecule has 1 aliphatic heterocycles. The fraction of sp³-hybridized carbons (Fsp3) is 0.733. The maximum absolute atomic E-state index is 11.3. The van der Waals surface area contributed by atoms with E-state index in [2.05, 4.69) is 11.2 Å². The van der Waals surface area contributed by atoms with Gasteiger partial charge < -0.3 is 29.7 Å². The summed E-state index contributed by atoms with van der Waals surface area (Å²) in [6.45, 7) is 2.53. The van der Waals surface area contributed by atoms with Crippen LogP contribution in [-0.4, -0.2) is 65.9 Å². The van der Waals surface area contributed by atoms with E-state index in [0.717, 1.165) is 0 Å². The standard InChI is InChI=1S/C15H23NO7/c1-4-5-6-7-21-15-12(16-9(2)17)14(20)13(19)11(23-15)8-22-10(3)18/h1,11-15,19-20H,5-8H2,2-3H3,(H,16,17)/t11-,12-,13+,14-,15-/m0/s1. The number of unbranched alkanes of at least 4 members (excludes halogenated alkanes) is 1. The third kappa shape index (κ3) is 6.15. The lowest BCUT2D eigenvalue weighted by atomic mass is 9.97. The van der Waals surface area contributed by atoms with E-state index in [1.807, 2.05) is 0 Å². The van der Waals surface area contributed by atoms with Crippen molar-refractivity contribution in [2.75, 3.05) is 13.2 Å². The summed E-state index contributed by atoms with van der Waals surface area (Å²) < 4.78 is 15.9. The van der Waals surface area contributed by atoms with E-state index in [-0.39, 0.29) is 13.2 Å². The number of aliphatic hydroxyl groups is 2. The second-order valence-corrected chi connectivity index (χ2v) is 5.23. The topological polar surface area (TPSA) is 114 Å². The van der Waals surface area contributed by atoms with Gasteiger partial charge in [-0.3, -0.25) is 9.59 Å². The average molecular weight is 329 g/mol. The molecule has 1 heterocycles. The van der Waals surface area contributed by atoms with Gasteiger partial charge >= 0.3 is 5.97 Å². The van der Waals surface area contributed by atoms with Crippen LogP contribution in [0.1, 0.15) is 26.7 Å². The number of amides is 1. The van der Waals surface area contributed by atoms with E-state index in [1.54, 1.807) is 0 Å². The molecular formula is C15H23NO7. The molecule has 1 fully saturated rings. The maximum Gasteiger partial charge on any atom is 0.302 e. The Kier molecular flexibility index (Phi) is 7.98. The molecule has 0 saturated carbocycles. The number of terminal acetylenes is 1. The fourth-order valence-corrected chi connectivity index (χ4v) is 2.17. The Hall–Kier alpha value is -1.66. The van der Waals surface area contributed by atoms with Gasteiger partial charge in [0.25, 0.3) is 0 Å². The van der Waals surface area contributed by atoms with Crippen molar-refractivity contribution in [2.24, 2.45) is 0 Å².